The lowest BCUT2D eigenvalue weighted by molar-refractivity contribution is -0.137. The van der Waals surface area contributed by atoms with Crippen LogP contribution in [0.3, 0.4) is 0 Å². The third-order valence-electron chi connectivity index (χ3n) is 4.42. The first-order chi connectivity index (χ1) is 11.0. The highest BCUT2D eigenvalue weighted by Gasteiger charge is 2.44. The van der Waals surface area contributed by atoms with Crippen LogP contribution in [-0.4, -0.2) is 0 Å². The minimum absolute atomic E-state index is 0.0216. The topological polar surface area (TPSA) is 9.23 Å². The number of fused-ring (bicyclic) bond motifs is 5. The van der Waals surface area contributed by atoms with E-state index >= 15 is 0 Å². The Morgan fingerprint density at radius 2 is 1.65 bits per heavy atom. The molecule has 116 valence electrons. The van der Waals surface area contributed by atoms with E-state index in [1.807, 2.05) is 24.3 Å². The Hall–Kier alpha value is -2.25. The molecule has 0 aromatic heterocycles. The Labute approximate surface area is 132 Å². The van der Waals surface area contributed by atoms with E-state index in [0.29, 0.717) is 0 Å². The zero-order chi connectivity index (χ0) is 16.0. The Morgan fingerprint density at radius 3 is 2.43 bits per heavy atom. The van der Waals surface area contributed by atoms with Crippen LogP contribution in [-0.2, 0) is 10.9 Å². The largest absolute Gasteiger partial charge is 0.417 e. The molecule has 2 aromatic carbocycles. The van der Waals surface area contributed by atoms with Crippen molar-refractivity contribution in [2.75, 3.05) is 0 Å². The molecule has 4 heteroatoms. The lowest BCUT2D eigenvalue weighted by atomic mass is 9.84. The van der Waals surface area contributed by atoms with Crippen molar-refractivity contribution in [3.63, 3.8) is 0 Å². The average molecular weight is 314 g/mol. The molecular weight excluding hydrogens is 301 g/mol. The fourth-order valence-electron chi connectivity index (χ4n) is 3.38. The molecule has 23 heavy (non-hydrogen) atoms. The van der Waals surface area contributed by atoms with Gasteiger partial charge in [0.1, 0.15) is 0 Å². The highest BCUT2D eigenvalue weighted by atomic mass is 19.4. The van der Waals surface area contributed by atoms with Crippen LogP contribution in [0.5, 0.6) is 0 Å². The quantitative estimate of drug-likeness (QED) is 0.629. The van der Waals surface area contributed by atoms with E-state index in [2.05, 4.69) is 11.8 Å². The summed E-state index contributed by atoms with van der Waals surface area (Å²) < 4.78 is 44.9. The lowest BCUT2D eigenvalue weighted by Gasteiger charge is -2.16. The molecule has 3 unspecified atom stereocenters. The Bertz CT molecular complexity index is 813. The smallest absolute Gasteiger partial charge is 0.364 e. The van der Waals surface area contributed by atoms with Crippen molar-refractivity contribution in [3.05, 3.63) is 70.8 Å². The van der Waals surface area contributed by atoms with Crippen molar-refractivity contribution >= 4 is 0 Å². The molecule has 3 atom stereocenters. The SMILES string of the molecule is FC(F)(F)c1ccccc1C#CC1CC2OC1c1ccccc12. The fraction of sp³-hybridized carbons (Fsp3) is 0.263. The Balaban J connectivity index is 1.65. The maximum Gasteiger partial charge on any atom is 0.417 e. The second-order valence-electron chi connectivity index (χ2n) is 5.83. The van der Waals surface area contributed by atoms with Crippen LogP contribution < -0.4 is 0 Å². The van der Waals surface area contributed by atoms with Gasteiger partial charge in [0, 0.05) is 5.56 Å². The van der Waals surface area contributed by atoms with Gasteiger partial charge in [-0.2, -0.15) is 13.2 Å². The van der Waals surface area contributed by atoms with Gasteiger partial charge in [0.2, 0.25) is 0 Å². The van der Waals surface area contributed by atoms with Crippen LogP contribution in [0.1, 0.15) is 40.9 Å². The van der Waals surface area contributed by atoms with Crippen molar-refractivity contribution in [2.24, 2.45) is 5.92 Å². The molecule has 1 fully saturated rings. The second kappa shape index (κ2) is 5.14. The summed E-state index contributed by atoms with van der Waals surface area (Å²) in [4.78, 5) is 0. The van der Waals surface area contributed by atoms with Gasteiger partial charge in [-0.15, -0.1) is 0 Å². The van der Waals surface area contributed by atoms with E-state index in [0.717, 1.165) is 18.1 Å². The van der Waals surface area contributed by atoms with E-state index in [9.17, 15) is 13.2 Å². The first-order valence-corrected chi connectivity index (χ1v) is 7.46. The molecule has 4 rings (SSSR count). The summed E-state index contributed by atoms with van der Waals surface area (Å²) in [5.74, 6) is 5.68. The third-order valence-corrected chi connectivity index (χ3v) is 4.42. The van der Waals surface area contributed by atoms with Gasteiger partial charge in [-0.3, -0.25) is 0 Å². The number of rotatable bonds is 0. The molecule has 2 aromatic rings. The Morgan fingerprint density at radius 1 is 0.957 bits per heavy atom. The number of halogens is 3. The molecular formula is C19H13F3O. The van der Waals surface area contributed by atoms with Gasteiger partial charge in [0.05, 0.1) is 23.7 Å². The summed E-state index contributed by atoms with van der Waals surface area (Å²) in [5.41, 5.74) is 1.64. The van der Waals surface area contributed by atoms with E-state index in [1.54, 1.807) is 6.07 Å². The number of hydrogen-bond acceptors (Lipinski definition) is 1. The predicted octanol–water partition coefficient (Wildman–Crippen LogP) is 4.89. The first kappa shape index (κ1) is 14.3. The average Bonchev–Trinajstić information content (AvgIpc) is 3.11. The fourth-order valence-corrected chi connectivity index (χ4v) is 3.38. The van der Waals surface area contributed by atoms with Gasteiger partial charge in [0.15, 0.2) is 0 Å². The monoisotopic (exact) mass is 314 g/mol. The standard InChI is InChI=1S/C19H13F3O/c20-19(21,22)16-8-4-1-5-12(16)9-10-13-11-17-14-6-2-3-7-15(14)18(13)23-17/h1-8,13,17-18H,11H2. The minimum Gasteiger partial charge on any atom is -0.364 e. The summed E-state index contributed by atoms with van der Waals surface area (Å²) in [5, 5.41) is 0. The second-order valence-corrected chi connectivity index (χ2v) is 5.83. The maximum absolute atomic E-state index is 13.0. The van der Waals surface area contributed by atoms with Crippen LogP contribution in [0.25, 0.3) is 0 Å². The van der Waals surface area contributed by atoms with Crippen molar-refractivity contribution in [1.29, 1.82) is 0 Å². The molecule has 2 aliphatic heterocycles. The molecule has 0 radical (unpaired) electrons. The molecule has 0 amide bonds. The molecule has 2 aliphatic rings. The summed E-state index contributed by atoms with van der Waals surface area (Å²) in [6.07, 6.45) is -3.75. The van der Waals surface area contributed by atoms with Gasteiger partial charge < -0.3 is 4.74 Å². The van der Waals surface area contributed by atoms with Gasteiger partial charge >= 0.3 is 6.18 Å². The third kappa shape index (κ3) is 2.42. The van der Waals surface area contributed by atoms with E-state index in [1.165, 1.54) is 17.7 Å². The maximum atomic E-state index is 13.0. The normalized spacial score (nSPS) is 24.9. The molecule has 1 nitrogen and oxygen atoms in total. The van der Waals surface area contributed by atoms with Crippen LogP contribution >= 0.6 is 0 Å². The van der Waals surface area contributed by atoms with Gasteiger partial charge in [-0.25, -0.2) is 0 Å². The summed E-state index contributed by atoms with van der Waals surface area (Å²) in [6.45, 7) is 0. The first-order valence-electron chi connectivity index (χ1n) is 7.46. The highest BCUT2D eigenvalue weighted by Crippen LogP contribution is 2.53. The Kier molecular flexibility index (Phi) is 3.21. The number of alkyl halides is 3. The number of hydrogen-bond donors (Lipinski definition) is 0. The molecule has 1 saturated heterocycles. The zero-order valence-electron chi connectivity index (χ0n) is 12.1. The molecule has 2 heterocycles. The van der Waals surface area contributed by atoms with E-state index < -0.39 is 11.7 Å². The molecule has 0 aliphatic carbocycles. The van der Waals surface area contributed by atoms with Crippen LogP contribution in [0.2, 0.25) is 0 Å². The van der Waals surface area contributed by atoms with Crippen molar-refractivity contribution in [3.8, 4) is 11.8 Å². The van der Waals surface area contributed by atoms with Gasteiger partial charge in [0.25, 0.3) is 0 Å². The van der Waals surface area contributed by atoms with Gasteiger partial charge in [-0.1, -0.05) is 48.2 Å². The van der Waals surface area contributed by atoms with E-state index in [-0.39, 0.29) is 23.7 Å². The van der Waals surface area contributed by atoms with Crippen LogP contribution in [0.4, 0.5) is 13.2 Å². The van der Waals surface area contributed by atoms with Crippen molar-refractivity contribution in [1.82, 2.24) is 0 Å². The van der Waals surface area contributed by atoms with Crippen molar-refractivity contribution in [2.45, 2.75) is 24.8 Å². The lowest BCUT2D eigenvalue weighted by Crippen LogP contribution is -2.09. The molecule has 0 spiro atoms. The van der Waals surface area contributed by atoms with Crippen LogP contribution in [0.15, 0.2) is 48.5 Å². The summed E-state index contributed by atoms with van der Waals surface area (Å²) in [7, 11) is 0. The summed E-state index contributed by atoms with van der Waals surface area (Å²) >= 11 is 0. The minimum atomic E-state index is -4.39. The molecule has 2 bridgehead atoms. The zero-order valence-corrected chi connectivity index (χ0v) is 12.1. The highest BCUT2D eigenvalue weighted by molar-refractivity contribution is 5.45. The predicted molar refractivity (Wildman–Crippen MR) is 79.4 cm³/mol. The van der Waals surface area contributed by atoms with Crippen molar-refractivity contribution < 1.29 is 17.9 Å². The number of ether oxygens (including phenoxy) is 1. The number of benzene rings is 2. The van der Waals surface area contributed by atoms with Crippen LogP contribution in [0, 0.1) is 17.8 Å². The molecule has 0 N–H and O–H groups in total. The van der Waals surface area contributed by atoms with E-state index in [4.69, 9.17) is 4.74 Å². The molecule has 0 saturated carbocycles. The summed E-state index contributed by atoms with van der Waals surface area (Å²) in [6, 6.07) is 13.4. The van der Waals surface area contributed by atoms with Gasteiger partial charge in [-0.05, 0) is 29.7 Å².